The Labute approximate surface area is 159 Å². The number of carbonyl (C=O) groups is 1. The molecule has 7 heteroatoms. The first-order valence-electron chi connectivity index (χ1n) is 8.69. The van der Waals surface area contributed by atoms with Crippen molar-refractivity contribution in [2.75, 3.05) is 13.6 Å². The van der Waals surface area contributed by atoms with Crippen molar-refractivity contribution in [3.05, 3.63) is 53.5 Å². The van der Waals surface area contributed by atoms with Crippen LogP contribution in [0, 0.1) is 18.3 Å². The number of terminal acetylenes is 1. The number of carbonyl (C=O) groups excluding carboxylic acids is 1. The number of sulfonamides is 1. The molecular formula is C20H22N2O4S. The maximum atomic E-state index is 12.6. The Morgan fingerprint density at radius 2 is 1.96 bits per heavy atom. The summed E-state index contributed by atoms with van der Waals surface area (Å²) in [6.07, 6.45) is 6.21. The summed E-state index contributed by atoms with van der Waals surface area (Å²) in [6.45, 7) is 2.45. The van der Waals surface area contributed by atoms with Gasteiger partial charge in [-0.05, 0) is 48.7 Å². The van der Waals surface area contributed by atoms with Crippen molar-refractivity contribution in [1.29, 1.82) is 0 Å². The van der Waals surface area contributed by atoms with E-state index in [4.69, 9.17) is 10.8 Å². The Morgan fingerprint density at radius 1 is 1.30 bits per heavy atom. The third-order valence-electron chi connectivity index (χ3n) is 4.67. The fraction of sp³-hybridized carbons (Fsp3) is 0.350. The lowest BCUT2D eigenvalue weighted by Gasteiger charge is -2.16. The predicted octanol–water partition coefficient (Wildman–Crippen LogP) is 2.59. The number of benzene rings is 1. The quantitative estimate of drug-likeness (QED) is 0.742. The van der Waals surface area contributed by atoms with E-state index in [1.807, 2.05) is 12.1 Å². The summed E-state index contributed by atoms with van der Waals surface area (Å²) in [5.41, 5.74) is 0.399. The van der Waals surface area contributed by atoms with Crippen molar-refractivity contribution in [3.63, 3.8) is 0 Å². The van der Waals surface area contributed by atoms with Gasteiger partial charge in [0.2, 0.25) is 10.0 Å². The molecule has 1 heterocycles. The normalized spacial score (nSPS) is 18.7. The second kappa shape index (κ2) is 7.59. The fourth-order valence-electron chi connectivity index (χ4n) is 2.92. The summed E-state index contributed by atoms with van der Waals surface area (Å²) < 4.78 is 32.2. The molecule has 0 saturated heterocycles. The van der Waals surface area contributed by atoms with E-state index < -0.39 is 10.0 Å². The van der Waals surface area contributed by atoms with E-state index in [1.54, 1.807) is 11.9 Å². The molecule has 1 aromatic heterocycles. The van der Waals surface area contributed by atoms with Crippen LogP contribution in [0.25, 0.3) is 0 Å². The van der Waals surface area contributed by atoms with Gasteiger partial charge in [-0.15, -0.1) is 6.42 Å². The van der Waals surface area contributed by atoms with E-state index in [2.05, 4.69) is 17.6 Å². The van der Waals surface area contributed by atoms with Gasteiger partial charge >= 0.3 is 0 Å². The molecule has 1 saturated carbocycles. The highest BCUT2D eigenvalue weighted by atomic mass is 32.2. The lowest BCUT2D eigenvalue weighted by atomic mass is 10.2. The van der Waals surface area contributed by atoms with E-state index >= 15 is 0 Å². The average Bonchev–Trinajstić information content (AvgIpc) is 3.20. The molecule has 0 spiro atoms. The Balaban J connectivity index is 1.64. The minimum absolute atomic E-state index is 0.0613. The van der Waals surface area contributed by atoms with Crippen LogP contribution in [0.4, 0.5) is 0 Å². The lowest BCUT2D eigenvalue weighted by Crippen LogP contribution is -2.26. The zero-order valence-corrected chi connectivity index (χ0v) is 16.1. The number of nitrogens with one attached hydrogen (secondary N) is 1. The number of hydrogen-bond acceptors (Lipinski definition) is 4. The van der Waals surface area contributed by atoms with Gasteiger partial charge in [0.25, 0.3) is 5.91 Å². The molecule has 0 bridgehead atoms. The number of hydrogen-bond donors (Lipinski definition) is 1. The summed E-state index contributed by atoms with van der Waals surface area (Å²) in [5, 5.41) is 0. The molecule has 3 rings (SSSR count). The SMILES string of the molecule is C#CCNS(=O)(=O)c1ccc(C(=O)N(C)Cc2ccc([C@H]3C[C@H]3C)o2)cc1. The maximum Gasteiger partial charge on any atom is 0.254 e. The smallest absolute Gasteiger partial charge is 0.254 e. The van der Waals surface area contributed by atoms with Crippen LogP contribution in [0.1, 0.15) is 41.1 Å². The number of furan rings is 1. The van der Waals surface area contributed by atoms with Gasteiger partial charge in [-0.25, -0.2) is 8.42 Å². The molecule has 1 aliphatic rings. The first-order chi connectivity index (χ1) is 12.8. The summed E-state index contributed by atoms with van der Waals surface area (Å²) in [7, 11) is -1.99. The molecule has 1 N–H and O–H groups in total. The van der Waals surface area contributed by atoms with E-state index in [-0.39, 0.29) is 17.3 Å². The minimum atomic E-state index is -3.67. The molecule has 1 amide bonds. The van der Waals surface area contributed by atoms with Crippen molar-refractivity contribution in [1.82, 2.24) is 9.62 Å². The van der Waals surface area contributed by atoms with Crippen LogP contribution in [-0.4, -0.2) is 32.8 Å². The number of rotatable bonds is 7. The van der Waals surface area contributed by atoms with Crippen LogP contribution in [0.5, 0.6) is 0 Å². The van der Waals surface area contributed by atoms with E-state index in [0.717, 1.165) is 17.9 Å². The molecule has 142 valence electrons. The summed E-state index contributed by atoms with van der Waals surface area (Å²) in [5.74, 6) is 4.87. The largest absolute Gasteiger partial charge is 0.464 e. The summed E-state index contributed by atoms with van der Waals surface area (Å²) in [4.78, 5) is 14.2. The standard InChI is InChI=1S/C20H22N2O4S/c1-4-11-21-27(24,25)17-8-5-15(6-9-17)20(23)22(3)13-16-7-10-19(26-16)18-12-14(18)2/h1,5-10,14,18,21H,11-13H2,2-3H3/t14-,18+/m1/s1. The molecule has 0 radical (unpaired) electrons. The molecule has 0 unspecified atom stereocenters. The second-order valence-corrected chi connectivity index (χ2v) is 8.60. The molecule has 0 aliphatic heterocycles. The van der Waals surface area contributed by atoms with Gasteiger partial charge in [-0.2, -0.15) is 4.72 Å². The highest BCUT2D eigenvalue weighted by molar-refractivity contribution is 7.89. The van der Waals surface area contributed by atoms with Crippen molar-refractivity contribution in [2.24, 2.45) is 5.92 Å². The molecule has 1 fully saturated rings. The summed E-state index contributed by atoms with van der Waals surface area (Å²) >= 11 is 0. The zero-order valence-electron chi connectivity index (χ0n) is 15.3. The van der Waals surface area contributed by atoms with Crippen molar-refractivity contribution in [2.45, 2.75) is 30.7 Å². The van der Waals surface area contributed by atoms with Gasteiger partial charge in [-0.3, -0.25) is 4.79 Å². The minimum Gasteiger partial charge on any atom is -0.464 e. The molecule has 2 aromatic rings. The molecule has 2 atom stereocenters. The van der Waals surface area contributed by atoms with Gasteiger partial charge in [0, 0.05) is 18.5 Å². The molecule has 1 aliphatic carbocycles. The molecular weight excluding hydrogens is 364 g/mol. The molecule has 6 nitrogen and oxygen atoms in total. The van der Waals surface area contributed by atoms with Gasteiger partial charge in [-0.1, -0.05) is 12.8 Å². The van der Waals surface area contributed by atoms with Gasteiger partial charge in [0.1, 0.15) is 11.5 Å². The van der Waals surface area contributed by atoms with E-state index in [9.17, 15) is 13.2 Å². The van der Waals surface area contributed by atoms with Crippen LogP contribution >= 0.6 is 0 Å². The first kappa shape index (κ1) is 19.2. The summed E-state index contributed by atoms with van der Waals surface area (Å²) in [6, 6.07) is 9.63. The van der Waals surface area contributed by atoms with Crippen molar-refractivity contribution in [3.8, 4) is 12.3 Å². The van der Waals surface area contributed by atoms with Crippen LogP contribution in [0.15, 0.2) is 45.7 Å². The highest BCUT2D eigenvalue weighted by Gasteiger charge is 2.36. The molecule has 1 aromatic carbocycles. The Morgan fingerprint density at radius 3 is 2.56 bits per heavy atom. The third kappa shape index (κ3) is 4.41. The highest BCUT2D eigenvalue weighted by Crippen LogP contribution is 2.47. The van der Waals surface area contributed by atoms with Crippen LogP contribution < -0.4 is 4.72 Å². The van der Waals surface area contributed by atoms with Crippen LogP contribution in [0.2, 0.25) is 0 Å². The van der Waals surface area contributed by atoms with E-state index in [0.29, 0.717) is 23.9 Å². The van der Waals surface area contributed by atoms with Gasteiger partial charge < -0.3 is 9.32 Å². The number of nitrogens with zero attached hydrogens (tertiary/aromatic N) is 1. The Bertz CT molecular complexity index is 970. The van der Waals surface area contributed by atoms with Gasteiger partial charge in [0.15, 0.2) is 0 Å². The Kier molecular flexibility index (Phi) is 5.40. The topological polar surface area (TPSA) is 79.6 Å². The van der Waals surface area contributed by atoms with Gasteiger partial charge in [0.05, 0.1) is 18.0 Å². The average molecular weight is 386 g/mol. The van der Waals surface area contributed by atoms with Crippen LogP contribution in [0.3, 0.4) is 0 Å². The fourth-order valence-corrected chi connectivity index (χ4v) is 3.85. The first-order valence-corrected chi connectivity index (χ1v) is 10.2. The predicted molar refractivity (Wildman–Crippen MR) is 101 cm³/mol. The van der Waals surface area contributed by atoms with Crippen molar-refractivity contribution >= 4 is 15.9 Å². The second-order valence-electron chi connectivity index (χ2n) is 6.84. The van der Waals surface area contributed by atoms with Crippen molar-refractivity contribution < 1.29 is 17.6 Å². The Hall–Kier alpha value is -2.56. The van der Waals surface area contributed by atoms with E-state index in [1.165, 1.54) is 24.3 Å². The number of amides is 1. The molecule has 27 heavy (non-hydrogen) atoms. The maximum absolute atomic E-state index is 12.6. The zero-order chi connectivity index (χ0) is 19.6. The monoisotopic (exact) mass is 386 g/mol. The van der Waals surface area contributed by atoms with Crippen LogP contribution in [-0.2, 0) is 16.6 Å². The lowest BCUT2D eigenvalue weighted by molar-refractivity contribution is 0.0774. The third-order valence-corrected chi connectivity index (χ3v) is 6.09.